The van der Waals surface area contributed by atoms with E-state index < -0.39 is 4.92 Å². The number of H-pyrrole nitrogens is 1. The molecule has 0 bridgehead atoms. The second-order valence-corrected chi connectivity index (χ2v) is 4.97. The van der Waals surface area contributed by atoms with Gasteiger partial charge < -0.3 is 4.98 Å². The zero-order valence-corrected chi connectivity index (χ0v) is 12.5. The molecule has 0 radical (unpaired) electrons. The number of hydrogen-bond acceptors (Lipinski definition) is 4. The van der Waals surface area contributed by atoms with Crippen molar-refractivity contribution in [3.8, 4) is 6.07 Å². The van der Waals surface area contributed by atoms with E-state index in [1.54, 1.807) is 36.4 Å². The molecule has 3 aromatic rings. The number of fused-ring (bicyclic) bond motifs is 1. The number of aromatic nitrogens is 2. The monoisotopic (exact) mass is 316 g/mol. The summed E-state index contributed by atoms with van der Waals surface area (Å²) in [6, 6.07) is 16.0. The van der Waals surface area contributed by atoms with Crippen LogP contribution >= 0.6 is 0 Å². The molecule has 0 aliphatic carbocycles. The van der Waals surface area contributed by atoms with Crippen molar-refractivity contribution in [2.45, 2.75) is 0 Å². The van der Waals surface area contributed by atoms with E-state index in [0.29, 0.717) is 17.0 Å². The Morgan fingerprint density at radius 3 is 2.71 bits per heavy atom. The van der Waals surface area contributed by atoms with Crippen molar-refractivity contribution in [1.82, 2.24) is 9.97 Å². The molecule has 24 heavy (non-hydrogen) atoms. The van der Waals surface area contributed by atoms with Crippen molar-refractivity contribution in [3.63, 3.8) is 0 Å². The van der Waals surface area contributed by atoms with Crippen LogP contribution in [0.5, 0.6) is 0 Å². The summed E-state index contributed by atoms with van der Waals surface area (Å²) in [7, 11) is 0. The first-order chi connectivity index (χ1) is 11.7. The summed E-state index contributed by atoms with van der Waals surface area (Å²) < 4.78 is 0. The fourth-order valence-corrected chi connectivity index (χ4v) is 2.29. The van der Waals surface area contributed by atoms with Crippen LogP contribution in [-0.4, -0.2) is 14.9 Å². The van der Waals surface area contributed by atoms with Crippen molar-refractivity contribution >= 4 is 28.4 Å². The molecule has 0 amide bonds. The largest absolute Gasteiger partial charge is 0.337 e. The lowest BCUT2D eigenvalue weighted by Gasteiger charge is -1.95. The molecule has 0 unspecified atom stereocenters. The van der Waals surface area contributed by atoms with E-state index in [-0.39, 0.29) is 5.69 Å². The summed E-state index contributed by atoms with van der Waals surface area (Å²) in [6.45, 7) is 0. The van der Waals surface area contributed by atoms with Crippen molar-refractivity contribution < 1.29 is 4.92 Å². The van der Waals surface area contributed by atoms with Gasteiger partial charge in [-0.05, 0) is 30.4 Å². The van der Waals surface area contributed by atoms with Crippen LogP contribution in [0.3, 0.4) is 0 Å². The molecule has 0 aliphatic rings. The van der Waals surface area contributed by atoms with E-state index in [1.807, 2.05) is 24.3 Å². The molecule has 2 aromatic carbocycles. The molecule has 3 rings (SSSR count). The molecule has 6 nitrogen and oxygen atoms in total. The summed E-state index contributed by atoms with van der Waals surface area (Å²) in [5.41, 5.74) is 2.46. The molecule has 0 saturated carbocycles. The van der Waals surface area contributed by atoms with Crippen LogP contribution in [0, 0.1) is 21.4 Å². The van der Waals surface area contributed by atoms with E-state index in [1.165, 1.54) is 6.07 Å². The highest BCUT2D eigenvalue weighted by Gasteiger charge is 2.09. The number of nitrogens with zero attached hydrogens (tertiary/aromatic N) is 3. The first-order valence-corrected chi connectivity index (χ1v) is 7.16. The standard InChI is InChI=1S/C18H12N4O2/c19-12-14(18-20-15-9-2-3-10-16(15)21-18)8-5-7-13-6-1-4-11-17(13)22(23)24/h1-11H,(H,20,21). The highest BCUT2D eigenvalue weighted by molar-refractivity contribution is 5.83. The molecule has 0 aliphatic heterocycles. The lowest BCUT2D eigenvalue weighted by Crippen LogP contribution is -1.90. The third-order valence-electron chi connectivity index (χ3n) is 3.44. The quantitative estimate of drug-likeness (QED) is 0.339. The minimum atomic E-state index is -0.437. The zero-order chi connectivity index (χ0) is 16.9. The van der Waals surface area contributed by atoms with Crippen LogP contribution in [-0.2, 0) is 0 Å². The number of nitro groups is 1. The van der Waals surface area contributed by atoms with Crippen molar-refractivity contribution in [2.24, 2.45) is 0 Å². The number of aromatic amines is 1. The number of nitriles is 1. The number of hydrogen-bond donors (Lipinski definition) is 1. The topological polar surface area (TPSA) is 95.6 Å². The average molecular weight is 316 g/mol. The minimum Gasteiger partial charge on any atom is -0.337 e. The van der Waals surface area contributed by atoms with E-state index in [2.05, 4.69) is 16.0 Å². The maximum atomic E-state index is 11.0. The lowest BCUT2D eigenvalue weighted by molar-refractivity contribution is -0.385. The molecule has 1 aromatic heterocycles. The van der Waals surface area contributed by atoms with Crippen LogP contribution < -0.4 is 0 Å². The third-order valence-corrected chi connectivity index (χ3v) is 3.44. The Hall–Kier alpha value is -3.72. The van der Waals surface area contributed by atoms with Crippen LogP contribution in [0.2, 0.25) is 0 Å². The number of imidazole rings is 1. The second kappa shape index (κ2) is 6.58. The summed E-state index contributed by atoms with van der Waals surface area (Å²) in [6.07, 6.45) is 4.78. The summed E-state index contributed by atoms with van der Waals surface area (Å²) in [5.74, 6) is 0.464. The van der Waals surface area contributed by atoms with Crippen LogP contribution in [0.15, 0.2) is 60.7 Å². The maximum absolute atomic E-state index is 11.0. The summed E-state index contributed by atoms with van der Waals surface area (Å²) >= 11 is 0. The number of nitrogens with one attached hydrogen (secondary N) is 1. The number of para-hydroxylation sites is 3. The Labute approximate surface area is 137 Å². The number of benzene rings is 2. The number of allylic oxidation sites excluding steroid dienone is 3. The van der Waals surface area contributed by atoms with Gasteiger partial charge in [-0.2, -0.15) is 5.26 Å². The van der Waals surface area contributed by atoms with Gasteiger partial charge in [-0.15, -0.1) is 0 Å². The van der Waals surface area contributed by atoms with Gasteiger partial charge in [-0.1, -0.05) is 30.3 Å². The smallest absolute Gasteiger partial charge is 0.276 e. The highest BCUT2D eigenvalue weighted by atomic mass is 16.6. The Kier molecular flexibility index (Phi) is 4.17. The van der Waals surface area contributed by atoms with Gasteiger partial charge in [0.25, 0.3) is 5.69 Å². The van der Waals surface area contributed by atoms with Crippen LogP contribution in [0.1, 0.15) is 11.4 Å². The molecule has 1 N–H and O–H groups in total. The van der Waals surface area contributed by atoms with Gasteiger partial charge in [-0.3, -0.25) is 10.1 Å². The third kappa shape index (κ3) is 3.05. The Morgan fingerprint density at radius 2 is 1.96 bits per heavy atom. The van der Waals surface area contributed by atoms with E-state index >= 15 is 0 Å². The Bertz CT molecular complexity index is 976. The van der Waals surface area contributed by atoms with Crippen LogP contribution in [0.4, 0.5) is 5.69 Å². The molecular weight excluding hydrogens is 304 g/mol. The summed E-state index contributed by atoms with van der Waals surface area (Å²) in [5, 5.41) is 20.3. The number of rotatable bonds is 4. The normalized spacial score (nSPS) is 11.7. The van der Waals surface area contributed by atoms with E-state index in [4.69, 9.17) is 0 Å². The van der Waals surface area contributed by atoms with Crippen LogP contribution in [0.25, 0.3) is 22.7 Å². The minimum absolute atomic E-state index is 0.0180. The highest BCUT2D eigenvalue weighted by Crippen LogP contribution is 2.20. The number of nitro benzene ring substituents is 1. The molecule has 1 heterocycles. The molecule has 0 spiro atoms. The molecule has 0 saturated heterocycles. The van der Waals surface area contributed by atoms with Gasteiger partial charge in [0.05, 0.1) is 27.1 Å². The predicted molar refractivity (Wildman–Crippen MR) is 91.8 cm³/mol. The van der Waals surface area contributed by atoms with Gasteiger partial charge >= 0.3 is 0 Å². The van der Waals surface area contributed by atoms with E-state index in [9.17, 15) is 15.4 Å². The molecule has 0 atom stereocenters. The first-order valence-electron chi connectivity index (χ1n) is 7.16. The lowest BCUT2D eigenvalue weighted by atomic mass is 10.1. The van der Waals surface area contributed by atoms with Crippen molar-refractivity contribution in [1.29, 1.82) is 5.26 Å². The first kappa shape index (κ1) is 15.2. The van der Waals surface area contributed by atoms with Crippen molar-refractivity contribution in [2.75, 3.05) is 0 Å². The Morgan fingerprint density at radius 1 is 1.21 bits per heavy atom. The maximum Gasteiger partial charge on any atom is 0.276 e. The fourth-order valence-electron chi connectivity index (χ4n) is 2.29. The van der Waals surface area contributed by atoms with E-state index in [0.717, 1.165) is 11.0 Å². The van der Waals surface area contributed by atoms with Gasteiger partial charge in [0, 0.05) is 6.07 Å². The Balaban J connectivity index is 1.92. The molecule has 6 heteroatoms. The predicted octanol–water partition coefficient (Wildman–Crippen LogP) is 4.09. The summed E-state index contributed by atoms with van der Waals surface area (Å²) in [4.78, 5) is 18.0. The second-order valence-electron chi connectivity index (χ2n) is 4.97. The van der Waals surface area contributed by atoms with Crippen molar-refractivity contribution in [3.05, 3.63) is 82.2 Å². The van der Waals surface area contributed by atoms with Gasteiger partial charge in [0.1, 0.15) is 11.9 Å². The molecule has 0 fully saturated rings. The molecular formula is C18H12N4O2. The SMILES string of the molecule is N#CC(=CC=Cc1ccccc1[N+](=O)[O-])c1nc2ccccc2[nH]1. The fraction of sp³-hybridized carbons (Fsp3) is 0. The average Bonchev–Trinajstić information content (AvgIpc) is 3.02. The van der Waals surface area contributed by atoms with Gasteiger partial charge in [0.2, 0.25) is 0 Å². The van der Waals surface area contributed by atoms with Gasteiger partial charge in [0.15, 0.2) is 0 Å². The zero-order valence-electron chi connectivity index (χ0n) is 12.5. The van der Waals surface area contributed by atoms with Gasteiger partial charge in [-0.25, -0.2) is 4.98 Å². The molecule has 116 valence electrons.